The quantitative estimate of drug-likeness (QED) is 0.866. The molecule has 0 aromatic heterocycles. The number of nitrogens with zero attached hydrogens (tertiary/aromatic N) is 1. The predicted molar refractivity (Wildman–Crippen MR) is 72.3 cm³/mol. The smallest absolute Gasteiger partial charge is 0.254 e. The summed E-state index contributed by atoms with van der Waals surface area (Å²) in [5.74, 6) is -1.48. The molecule has 0 saturated carbocycles. The predicted octanol–water partition coefficient (Wildman–Crippen LogP) is 1.07. The van der Waals surface area contributed by atoms with Crippen molar-refractivity contribution in [3.8, 4) is 0 Å². The van der Waals surface area contributed by atoms with Crippen LogP contribution < -0.4 is 10.7 Å². The minimum Gasteiger partial charge on any atom is -0.343 e. The van der Waals surface area contributed by atoms with E-state index < -0.39 is 11.7 Å². The molecule has 1 fully saturated rings. The average molecular weight is 279 g/mol. The molecule has 1 heterocycles. The van der Waals surface area contributed by atoms with Crippen LogP contribution >= 0.6 is 0 Å². The minimum atomic E-state index is -0.596. The van der Waals surface area contributed by atoms with Gasteiger partial charge in [-0.1, -0.05) is 18.6 Å². The molecular weight excluding hydrogens is 261 g/mol. The molecule has 2 rings (SSSR count). The average Bonchev–Trinajstić information content (AvgIpc) is 2.46. The topological polar surface area (TPSA) is 61.4 Å². The van der Waals surface area contributed by atoms with Crippen molar-refractivity contribution in [3.05, 3.63) is 35.6 Å². The highest BCUT2D eigenvalue weighted by Gasteiger charge is 2.15. The largest absolute Gasteiger partial charge is 0.343 e. The number of amides is 2. The van der Waals surface area contributed by atoms with E-state index in [0.717, 1.165) is 25.9 Å². The zero-order valence-electron chi connectivity index (χ0n) is 11.2. The van der Waals surface area contributed by atoms with Crippen molar-refractivity contribution >= 4 is 11.8 Å². The van der Waals surface area contributed by atoms with Crippen molar-refractivity contribution < 1.29 is 14.0 Å². The summed E-state index contributed by atoms with van der Waals surface area (Å²) in [6, 6.07) is 5.68. The highest BCUT2D eigenvalue weighted by atomic mass is 19.1. The van der Waals surface area contributed by atoms with Gasteiger partial charge in [-0.2, -0.15) is 0 Å². The van der Waals surface area contributed by atoms with Crippen LogP contribution in [-0.2, 0) is 4.79 Å². The first-order valence-electron chi connectivity index (χ1n) is 6.74. The summed E-state index contributed by atoms with van der Waals surface area (Å²) in [5, 5.41) is 4.26. The number of rotatable bonds is 4. The molecule has 108 valence electrons. The first-order valence-corrected chi connectivity index (χ1v) is 6.74. The van der Waals surface area contributed by atoms with Crippen LogP contribution in [0.15, 0.2) is 24.3 Å². The Labute approximate surface area is 117 Å². The fourth-order valence-electron chi connectivity index (χ4n) is 2.12. The van der Waals surface area contributed by atoms with Crippen molar-refractivity contribution in [3.63, 3.8) is 0 Å². The second kappa shape index (κ2) is 7.00. The van der Waals surface area contributed by atoms with E-state index >= 15 is 0 Å². The maximum absolute atomic E-state index is 13.4. The van der Waals surface area contributed by atoms with Gasteiger partial charge in [0.1, 0.15) is 5.82 Å². The van der Waals surface area contributed by atoms with Gasteiger partial charge in [0.25, 0.3) is 11.8 Å². The van der Waals surface area contributed by atoms with Gasteiger partial charge in [-0.3, -0.25) is 15.0 Å². The summed E-state index contributed by atoms with van der Waals surface area (Å²) < 4.78 is 13.4. The monoisotopic (exact) mass is 279 g/mol. The van der Waals surface area contributed by atoms with Crippen LogP contribution in [0.5, 0.6) is 0 Å². The van der Waals surface area contributed by atoms with Crippen LogP contribution in [0.25, 0.3) is 0 Å². The van der Waals surface area contributed by atoms with Gasteiger partial charge in [-0.05, 0) is 25.0 Å². The molecule has 1 aromatic rings. The van der Waals surface area contributed by atoms with Gasteiger partial charge in [0, 0.05) is 13.1 Å². The van der Waals surface area contributed by atoms with Gasteiger partial charge in [-0.25, -0.2) is 9.40 Å². The molecular formula is C14H18FN3O2. The second-order valence-electron chi connectivity index (χ2n) is 4.75. The van der Waals surface area contributed by atoms with Crippen LogP contribution in [0.4, 0.5) is 4.39 Å². The standard InChI is InChI=1S/C14H18FN3O2/c15-12-7-3-2-6-11(12)14(20)16-10-13(19)17-18-8-4-1-5-9-18/h2-3,6-7H,1,4-5,8-10H2,(H,16,20)(H,17,19). The summed E-state index contributed by atoms with van der Waals surface area (Å²) in [6.07, 6.45) is 3.29. The highest BCUT2D eigenvalue weighted by Crippen LogP contribution is 2.06. The van der Waals surface area contributed by atoms with Crippen LogP contribution in [0, 0.1) is 5.82 Å². The molecule has 1 aromatic carbocycles. The van der Waals surface area contributed by atoms with Gasteiger partial charge < -0.3 is 5.32 Å². The van der Waals surface area contributed by atoms with Crippen molar-refractivity contribution in [2.75, 3.05) is 19.6 Å². The lowest BCUT2D eigenvalue weighted by atomic mass is 10.2. The van der Waals surface area contributed by atoms with E-state index in [1.165, 1.54) is 24.6 Å². The van der Waals surface area contributed by atoms with E-state index in [1.807, 2.05) is 5.01 Å². The number of carbonyl (C=O) groups excluding carboxylic acids is 2. The van der Waals surface area contributed by atoms with Gasteiger partial charge in [0.05, 0.1) is 12.1 Å². The van der Waals surface area contributed by atoms with Gasteiger partial charge in [0.2, 0.25) is 0 Å². The Kier molecular flexibility index (Phi) is 5.06. The fraction of sp³-hybridized carbons (Fsp3) is 0.429. The van der Waals surface area contributed by atoms with Gasteiger partial charge >= 0.3 is 0 Å². The van der Waals surface area contributed by atoms with Crippen molar-refractivity contribution in [1.82, 2.24) is 15.8 Å². The molecule has 6 heteroatoms. The number of carbonyl (C=O) groups is 2. The number of nitrogens with one attached hydrogen (secondary N) is 2. The van der Waals surface area contributed by atoms with Crippen molar-refractivity contribution in [2.24, 2.45) is 0 Å². The summed E-state index contributed by atoms with van der Waals surface area (Å²) >= 11 is 0. The van der Waals surface area contributed by atoms with E-state index in [0.29, 0.717) is 0 Å². The van der Waals surface area contributed by atoms with Crippen molar-refractivity contribution in [1.29, 1.82) is 0 Å². The Bertz CT molecular complexity index is 487. The van der Waals surface area contributed by atoms with Crippen LogP contribution in [-0.4, -0.2) is 36.5 Å². The number of halogens is 1. The molecule has 0 atom stereocenters. The Hall–Kier alpha value is -1.95. The molecule has 0 bridgehead atoms. The lowest BCUT2D eigenvalue weighted by molar-refractivity contribution is -0.125. The number of hydrogen-bond acceptors (Lipinski definition) is 3. The maximum Gasteiger partial charge on any atom is 0.254 e. The molecule has 0 unspecified atom stereocenters. The molecule has 1 saturated heterocycles. The van der Waals surface area contributed by atoms with E-state index in [-0.39, 0.29) is 18.0 Å². The Morgan fingerprint density at radius 2 is 1.85 bits per heavy atom. The van der Waals surface area contributed by atoms with Crippen molar-refractivity contribution in [2.45, 2.75) is 19.3 Å². The molecule has 5 nitrogen and oxygen atoms in total. The SMILES string of the molecule is O=C(CNC(=O)c1ccccc1F)NN1CCCCC1. The Morgan fingerprint density at radius 1 is 1.15 bits per heavy atom. The van der Waals surface area contributed by atoms with E-state index in [9.17, 15) is 14.0 Å². The number of piperidine rings is 1. The first kappa shape index (κ1) is 14.5. The molecule has 20 heavy (non-hydrogen) atoms. The fourth-order valence-corrected chi connectivity index (χ4v) is 2.12. The second-order valence-corrected chi connectivity index (χ2v) is 4.75. The number of hydrazine groups is 1. The third kappa shape index (κ3) is 4.03. The Morgan fingerprint density at radius 3 is 2.55 bits per heavy atom. The molecule has 0 radical (unpaired) electrons. The third-order valence-electron chi connectivity index (χ3n) is 3.17. The highest BCUT2D eigenvalue weighted by molar-refractivity contribution is 5.96. The minimum absolute atomic E-state index is 0.0572. The molecule has 0 aliphatic carbocycles. The number of hydrogen-bond donors (Lipinski definition) is 2. The van der Waals surface area contributed by atoms with Gasteiger partial charge in [-0.15, -0.1) is 0 Å². The third-order valence-corrected chi connectivity index (χ3v) is 3.17. The lowest BCUT2D eigenvalue weighted by Crippen LogP contribution is -2.48. The summed E-state index contributed by atoms with van der Waals surface area (Å²) in [4.78, 5) is 23.4. The molecule has 0 spiro atoms. The van der Waals surface area contributed by atoms with Crippen LogP contribution in [0.3, 0.4) is 0 Å². The lowest BCUT2D eigenvalue weighted by Gasteiger charge is -2.26. The normalized spacial score (nSPS) is 15.7. The number of benzene rings is 1. The van der Waals surface area contributed by atoms with Crippen LogP contribution in [0.1, 0.15) is 29.6 Å². The zero-order valence-corrected chi connectivity index (χ0v) is 11.2. The zero-order chi connectivity index (χ0) is 14.4. The van der Waals surface area contributed by atoms with E-state index in [4.69, 9.17) is 0 Å². The first-order chi connectivity index (χ1) is 9.66. The van der Waals surface area contributed by atoms with E-state index in [2.05, 4.69) is 10.7 Å². The molecule has 1 aliphatic rings. The van der Waals surface area contributed by atoms with E-state index in [1.54, 1.807) is 6.07 Å². The maximum atomic E-state index is 13.4. The van der Waals surface area contributed by atoms with Gasteiger partial charge in [0.15, 0.2) is 0 Å². The Balaban J connectivity index is 1.78. The van der Waals surface area contributed by atoms with Crippen LogP contribution in [0.2, 0.25) is 0 Å². The molecule has 2 N–H and O–H groups in total. The molecule has 2 amide bonds. The summed E-state index contributed by atoms with van der Waals surface area (Å²) in [5.41, 5.74) is 2.67. The summed E-state index contributed by atoms with van der Waals surface area (Å²) in [7, 11) is 0. The molecule has 1 aliphatic heterocycles. The summed E-state index contributed by atoms with van der Waals surface area (Å²) in [6.45, 7) is 1.49.